The quantitative estimate of drug-likeness (QED) is 0.297. The number of rotatable bonds is 7. The van der Waals surface area contributed by atoms with Gasteiger partial charge in [-0.3, -0.25) is 14.6 Å². The van der Waals surface area contributed by atoms with Crippen LogP contribution in [-0.4, -0.2) is 35.7 Å². The van der Waals surface area contributed by atoms with Gasteiger partial charge in [0.15, 0.2) is 0 Å². The van der Waals surface area contributed by atoms with Gasteiger partial charge in [-0.1, -0.05) is 102 Å². The second kappa shape index (κ2) is 10.8. The third-order valence-corrected chi connectivity index (χ3v) is 8.63. The third-order valence-electron chi connectivity index (χ3n) is 8.63. The predicted molar refractivity (Wildman–Crippen MR) is 158 cm³/mol. The van der Waals surface area contributed by atoms with Crippen molar-refractivity contribution in [2.45, 2.75) is 98.6 Å². The summed E-state index contributed by atoms with van der Waals surface area (Å²) in [6, 6.07) is 15.9. The molecule has 2 aromatic carbocycles. The van der Waals surface area contributed by atoms with Crippen LogP contribution in [0.4, 0.5) is 0 Å². The zero-order chi connectivity index (χ0) is 27.7. The van der Waals surface area contributed by atoms with Gasteiger partial charge in [-0.2, -0.15) is 0 Å². The SMILES string of the molecule is C[B]c1cccc(C2=NC3(CCC(C(C)(C)C)CC3)N(C(CCC(C)(C)C)c3ccc(C=O)cc3)C2=O)c1. The first-order chi connectivity index (χ1) is 17.9. The third kappa shape index (κ3) is 5.97. The van der Waals surface area contributed by atoms with Crippen molar-refractivity contribution in [1.82, 2.24) is 4.90 Å². The maximum absolute atomic E-state index is 14.4. The molecule has 38 heavy (non-hydrogen) atoms. The van der Waals surface area contributed by atoms with Crippen LogP contribution >= 0.6 is 0 Å². The number of hydrogen-bond acceptors (Lipinski definition) is 3. The summed E-state index contributed by atoms with van der Waals surface area (Å²) in [5.41, 5.74) is 4.16. The van der Waals surface area contributed by atoms with Crippen LogP contribution in [0.25, 0.3) is 0 Å². The Morgan fingerprint density at radius 1 is 1.05 bits per heavy atom. The number of nitrogens with zero attached hydrogens (tertiary/aromatic N) is 2. The van der Waals surface area contributed by atoms with Crippen molar-refractivity contribution in [3.63, 3.8) is 0 Å². The molecule has 1 saturated carbocycles. The molecule has 1 aliphatic heterocycles. The molecule has 1 spiro atoms. The van der Waals surface area contributed by atoms with Crippen LogP contribution in [0.2, 0.25) is 6.82 Å². The fourth-order valence-corrected chi connectivity index (χ4v) is 6.21. The fraction of sp³-hybridized carbons (Fsp3) is 0.545. The minimum absolute atomic E-state index is 0.0332. The van der Waals surface area contributed by atoms with E-state index < -0.39 is 5.66 Å². The lowest BCUT2D eigenvalue weighted by molar-refractivity contribution is -0.134. The summed E-state index contributed by atoms with van der Waals surface area (Å²) in [6.07, 6.45) is 6.58. The van der Waals surface area contributed by atoms with E-state index in [0.29, 0.717) is 17.2 Å². The van der Waals surface area contributed by atoms with E-state index in [4.69, 9.17) is 4.99 Å². The van der Waals surface area contributed by atoms with Gasteiger partial charge >= 0.3 is 0 Å². The average molecular weight is 512 g/mol. The van der Waals surface area contributed by atoms with Crippen molar-refractivity contribution < 1.29 is 9.59 Å². The topological polar surface area (TPSA) is 49.7 Å². The Morgan fingerprint density at radius 3 is 2.26 bits per heavy atom. The smallest absolute Gasteiger partial charge is 0.275 e. The van der Waals surface area contributed by atoms with Gasteiger partial charge in [-0.05, 0) is 60.8 Å². The summed E-state index contributed by atoms with van der Waals surface area (Å²) in [4.78, 5) is 33.3. The lowest BCUT2D eigenvalue weighted by atomic mass is 9.69. The molecule has 1 atom stereocenters. The normalized spacial score (nSPS) is 22.9. The average Bonchev–Trinajstić information content (AvgIpc) is 3.15. The van der Waals surface area contributed by atoms with E-state index in [9.17, 15) is 9.59 Å². The predicted octanol–water partition coefficient (Wildman–Crippen LogP) is 7.01. The summed E-state index contributed by atoms with van der Waals surface area (Å²) in [6.45, 7) is 15.8. The molecule has 201 valence electrons. The Balaban J connectivity index is 1.80. The maximum Gasteiger partial charge on any atom is 0.275 e. The molecular formula is C33H44BN2O2. The molecule has 1 aliphatic carbocycles. The molecule has 1 unspecified atom stereocenters. The number of aliphatic imine (C=N–C) groups is 1. The molecule has 1 amide bonds. The van der Waals surface area contributed by atoms with E-state index in [2.05, 4.69) is 65.9 Å². The molecule has 4 rings (SSSR count). The number of aldehydes is 1. The summed E-state index contributed by atoms with van der Waals surface area (Å²) in [7, 11) is 2.06. The first-order valence-electron chi connectivity index (χ1n) is 14.3. The van der Waals surface area contributed by atoms with Crippen LogP contribution < -0.4 is 5.46 Å². The van der Waals surface area contributed by atoms with Crippen molar-refractivity contribution in [2.75, 3.05) is 0 Å². The van der Waals surface area contributed by atoms with Crippen LogP contribution in [0, 0.1) is 16.7 Å². The van der Waals surface area contributed by atoms with Gasteiger partial charge < -0.3 is 4.90 Å². The Labute approximate surface area is 230 Å². The molecular weight excluding hydrogens is 467 g/mol. The van der Waals surface area contributed by atoms with E-state index in [0.717, 1.165) is 61.4 Å². The first kappa shape index (κ1) is 28.3. The molecule has 0 bridgehead atoms. The number of amides is 1. The van der Waals surface area contributed by atoms with Crippen molar-refractivity contribution in [3.05, 3.63) is 65.2 Å². The molecule has 4 nitrogen and oxygen atoms in total. The molecule has 2 aromatic rings. The van der Waals surface area contributed by atoms with E-state index in [1.807, 2.05) is 43.2 Å². The van der Waals surface area contributed by atoms with Crippen LogP contribution in [0.1, 0.15) is 108 Å². The van der Waals surface area contributed by atoms with E-state index in [-0.39, 0.29) is 22.8 Å². The van der Waals surface area contributed by atoms with Crippen molar-refractivity contribution in [2.24, 2.45) is 21.7 Å². The fourth-order valence-electron chi connectivity index (χ4n) is 6.21. The van der Waals surface area contributed by atoms with Crippen LogP contribution in [-0.2, 0) is 4.79 Å². The summed E-state index contributed by atoms with van der Waals surface area (Å²) >= 11 is 0. The molecule has 1 heterocycles. The minimum Gasteiger partial charge on any atom is -0.305 e. The number of hydrogen-bond donors (Lipinski definition) is 0. The Kier molecular flexibility index (Phi) is 8.07. The molecule has 5 heteroatoms. The van der Waals surface area contributed by atoms with Gasteiger partial charge in [0.25, 0.3) is 5.91 Å². The summed E-state index contributed by atoms with van der Waals surface area (Å²) in [5.74, 6) is 0.646. The molecule has 0 N–H and O–H groups in total. The molecule has 2 aliphatic rings. The van der Waals surface area contributed by atoms with Gasteiger partial charge in [-0.15, -0.1) is 0 Å². The Bertz CT molecular complexity index is 1180. The largest absolute Gasteiger partial charge is 0.305 e. The molecule has 1 radical (unpaired) electrons. The van der Waals surface area contributed by atoms with Crippen LogP contribution in [0.3, 0.4) is 0 Å². The number of carbonyl (C=O) groups is 2. The Hall–Kier alpha value is -2.69. The standard InChI is InChI=1S/C33H44BN2O2/c1-31(2,3)18-17-28(24-13-11-23(22-37)12-14-24)36-30(38)29(25-9-8-10-27(21-25)34-7)35-33(36)19-15-26(16-20-33)32(4,5)6/h8-14,21-22,26,28H,15-20H2,1-7H3. The van der Waals surface area contributed by atoms with Crippen molar-refractivity contribution in [3.8, 4) is 0 Å². The maximum atomic E-state index is 14.4. The summed E-state index contributed by atoms with van der Waals surface area (Å²) in [5, 5.41) is 0. The highest BCUT2D eigenvalue weighted by molar-refractivity contribution is 6.53. The van der Waals surface area contributed by atoms with E-state index in [1.54, 1.807) is 0 Å². The monoisotopic (exact) mass is 511 g/mol. The lowest BCUT2D eigenvalue weighted by Crippen LogP contribution is -2.51. The second-order valence-corrected chi connectivity index (χ2v) is 13.6. The van der Waals surface area contributed by atoms with Crippen molar-refractivity contribution in [1.29, 1.82) is 0 Å². The summed E-state index contributed by atoms with van der Waals surface area (Å²) < 4.78 is 0. The highest BCUT2D eigenvalue weighted by Crippen LogP contribution is 2.50. The van der Waals surface area contributed by atoms with Gasteiger partial charge in [0.05, 0.1) is 6.04 Å². The number of benzene rings is 2. The van der Waals surface area contributed by atoms with Gasteiger partial charge in [0.2, 0.25) is 0 Å². The molecule has 1 fully saturated rings. The molecule has 0 saturated heterocycles. The zero-order valence-corrected chi connectivity index (χ0v) is 24.4. The van der Waals surface area contributed by atoms with Crippen LogP contribution in [0.15, 0.2) is 53.5 Å². The lowest BCUT2D eigenvalue weighted by Gasteiger charge is -2.47. The first-order valence-corrected chi connectivity index (χ1v) is 14.3. The van der Waals surface area contributed by atoms with Crippen LogP contribution in [0.5, 0.6) is 0 Å². The van der Waals surface area contributed by atoms with E-state index >= 15 is 0 Å². The highest BCUT2D eigenvalue weighted by Gasteiger charge is 2.52. The Morgan fingerprint density at radius 2 is 1.71 bits per heavy atom. The van der Waals surface area contributed by atoms with Gasteiger partial charge in [0.1, 0.15) is 24.9 Å². The zero-order valence-electron chi connectivity index (χ0n) is 24.4. The highest BCUT2D eigenvalue weighted by atomic mass is 16.2. The van der Waals surface area contributed by atoms with Gasteiger partial charge in [0, 0.05) is 11.1 Å². The second-order valence-electron chi connectivity index (χ2n) is 13.6. The molecule has 0 aromatic heterocycles. The van der Waals surface area contributed by atoms with E-state index in [1.165, 1.54) is 0 Å². The van der Waals surface area contributed by atoms with Crippen molar-refractivity contribution >= 4 is 30.6 Å². The van der Waals surface area contributed by atoms with Gasteiger partial charge in [-0.25, -0.2) is 0 Å². The minimum atomic E-state index is -0.536. The number of carbonyl (C=O) groups excluding carboxylic acids is 2.